The van der Waals surface area contributed by atoms with Gasteiger partial charge in [0.05, 0.1) is 30.6 Å². The Kier molecular flexibility index (Phi) is 11.6. The van der Waals surface area contributed by atoms with Crippen molar-refractivity contribution in [2.45, 2.75) is 51.1 Å². The number of benzene rings is 3. The number of nitrogens with one attached hydrogen (secondary N) is 2. The lowest BCUT2D eigenvalue weighted by atomic mass is 9.99. The number of aliphatic hydroxyl groups excluding tert-OH is 1. The number of hydrogen-bond acceptors (Lipinski definition) is 7. The first-order valence-corrected chi connectivity index (χ1v) is 16.4. The van der Waals surface area contributed by atoms with Crippen LogP contribution in [0.1, 0.15) is 52.4 Å². The second-order valence-corrected chi connectivity index (χ2v) is 13.0. The standard InChI is InChI=1S/C33H40F3N3O5S/c1-3-10-25-19-26(20-29(31(25)44-2)39-15-7-8-16-45(39,42)43)32(41)38-28(18-23-11-5-4-6-12-23)30(40)22-37-21-24-13-9-14-27(17-24)33(34,35)36/h3-6,9-14,17,19-20,28,30,37,40,42-43H,7-8,15-16,18,21-22H2,1-2H3,(H,38,41)/t28-,30+/m0/s1. The molecule has 1 aliphatic rings. The molecule has 2 atom stereocenters. The fourth-order valence-electron chi connectivity index (χ4n) is 5.33. The molecule has 0 spiro atoms. The van der Waals surface area contributed by atoms with E-state index >= 15 is 0 Å². The highest BCUT2D eigenvalue weighted by molar-refractivity contribution is 8.25. The van der Waals surface area contributed by atoms with Gasteiger partial charge < -0.3 is 20.5 Å². The van der Waals surface area contributed by atoms with E-state index in [2.05, 4.69) is 10.6 Å². The van der Waals surface area contributed by atoms with Gasteiger partial charge in [-0.05, 0) is 55.5 Å². The average molecular weight is 648 g/mol. The molecule has 1 amide bonds. The number of nitrogens with zero attached hydrogens (tertiary/aromatic N) is 1. The van der Waals surface area contributed by atoms with Gasteiger partial charge in [-0.25, -0.2) is 0 Å². The van der Waals surface area contributed by atoms with Crippen molar-refractivity contribution in [3.05, 3.63) is 101 Å². The summed E-state index contributed by atoms with van der Waals surface area (Å²) >= 11 is 0. The fourth-order valence-corrected chi connectivity index (χ4v) is 7.01. The van der Waals surface area contributed by atoms with Crippen molar-refractivity contribution in [2.75, 3.05) is 30.3 Å². The SMILES string of the molecule is CC=Cc1cc(C(=O)N[C@@H](Cc2ccccc2)[C@H](O)CNCc2cccc(C(F)(F)F)c2)cc(N2CCCCS2(O)O)c1OC. The Bertz CT molecular complexity index is 1470. The molecule has 1 saturated heterocycles. The molecule has 4 rings (SSSR count). The van der Waals surface area contributed by atoms with Gasteiger partial charge in [-0.2, -0.15) is 13.2 Å². The molecule has 1 heterocycles. The second-order valence-electron chi connectivity index (χ2n) is 10.9. The smallest absolute Gasteiger partial charge is 0.416 e. The molecule has 244 valence electrons. The molecule has 5 N–H and O–H groups in total. The zero-order valence-corrected chi connectivity index (χ0v) is 26.1. The van der Waals surface area contributed by atoms with Crippen LogP contribution in [0.3, 0.4) is 0 Å². The maximum Gasteiger partial charge on any atom is 0.416 e. The van der Waals surface area contributed by atoms with Crippen molar-refractivity contribution < 1.29 is 36.9 Å². The predicted molar refractivity (Wildman–Crippen MR) is 173 cm³/mol. The molecule has 0 aromatic heterocycles. The first-order chi connectivity index (χ1) is 21.4. The number of aliphatic hydroxyl groups is 1. The Balaban J connectivity index is 1.58. The van der Waals surface area contributed by atoms with E-state index in [1.165, 1.54) is 17.5 Å². The predicted octanol–water partition coefficient (Wildman–Crippen LogP) is 6.50. The molecule has 3 aromatic carbocycles. The minimum atomic E-state index is -4.46. The van der Waals surface area contributed by atoms with Crippen LogP contribution in [0, 0.1) is 0 Å². The second kappa shape index (κ2) is 15.2. The summed E-state index contributed by atoms with van der Waals surface area (Å²) in [5, 5.41) is 17.2. The van der Waals surface area contributed by atoms with Crippen molar-refractivity contribution in [1.29, 1.82) is 0 Å². The minimum absolute atomic E-state index is 0.000390. The van der Waals surface area contributed by atoms with E-state index in [-0.39, 0.29) is 30.8 Å². The van der Waals surface area contributed by atoms with Crippen LogP contribution in [0.5, 0.6) is 5.75 Å². The third-order valence-corrected chi connectivity index (χ3v) is 9.50. The lowest BCUT2D eigenvalue weighted by molar-refractivity contribution is -0.137. The Labute approximate surface area is 263 Å². The van der Waals surface area contributed by atoms with Gasteiger partial charge in [0.2, 0.25) is 0 Å². The number of hydrogen-bond donors (Lipinski definition) is 5. The summed E-state index contributed by atoms with van der Waals surface area (Å²) in [4.78, 5) is 13.8. The van der Waals surface area contributed by atoms with Gasteiger partial charge in [-0.3, -0.25) is 18.2 Å². The summed E-state index contributed by atoms with van der Waals surface area (Å²) in [7, 11) is -1.63. The number of methoxy groups -OCH3 is 1. The average Bonchev–Trinajstić information content (AvgIpc) is 3.00. The Hall–Kier alpha value is -3.55. The summed E-state index contributed by atoms with van der Waals surface area (Å²) in [6.07, 6.45) is -0.298. The van der Waals surface area contributed by atoms with Gasteiger partial charge in [0, 0.05) is 30.8 Å². The molecule has 1 aliphatic heterocycles. The lowest BCUT2D eigenvalue weighted by Gasteiger charge is -2.47. The largest absolute Gasteiger partial charge is 0.494 e. The lowest BCUT2D eigenvalue weighted by Crippen LogP contribution is -2.48. The van der Waals surface area contributed by atoms with Crippen molar-refractivity contribution >= 4 is 28.4 Å². The van der Waals surface area contributed by atoms with Crippen molar-refractivity contribution in [3.63, 3.8) is 0 Å². The van der Waals surface area contributed by atoms with E-state index in [1.807, 2.05) is 37.3 Å². The normalized spacial score (nSPS) is 17.1. The third-order valence-electron chi connectivity index (χ3n) is 7.58. The summed E-state index contributed by atoms with van der Waals surface area (Å²) in [5.41, 5.74) is 1.73. The minimum Gasteiger partial charge on any atom is -0.494 e. The monoisotopic (exact) mass is 647 g/mol. The number of allylic oxidation sites excluding steroid dienone is 1. The van der Waals surface area contributed by atoms with Crippen LogP contribution >= 0.6 is 10.8 Å². The van der Waals surface area contributed by atoms with E-state index in [0.717, 1.165) is 24.1 Å². The first kappa shape index (κ1) is 34.3. The molecule has 0 bridgehead atoms. The van der Waals surface area contributed by atoms with E-state index in [0.29, 0.717) is 35.5 Å². The zero-order chi connectivity index (χ0) is 32.6. The van der Waals surface area contributed by atoms with Gasteiger partial charge in [0.1, 0.15) is 5.69 Å². The molecular formula is C33H40F3N3O5S. The Morgan fingerprint density at radius 2 is 1.80 bits per heavy atom. The highest BCUT2D eigenvalue weighted by atomic mass is 32.3. The Morgan fingerprint density at radius 3 is 2.47 bits per heavy atom. The summed E-state index contributed by atoms with van der Waals surface area (Å²) in [5.74, 6) is 0.131. The molecule has 12 heteroatoms. The van der Waals surface area contributed by atoms with Crippen LogP contribution in [0.2, 0.25) is 0 Å². The molecule has 45 heavy (non-hydrogen) atoms. The van der Waals surface area contributed by atoms with Crippen molar-refractivity contribution in [2.24, 2.45) is 0 Å². The quantitative estimate of drug-likeness (QED) is 0.152. The molecular weight excluding hydrogens is 607 g/mol. The van der Waals surface area contributed by atoms with Crippen LogP contribution in [-0.2, 0) is 19.1 Å². The highest BCUT2D eigenvalue weighted by Crippen LogP contribution is 2.52. The van der Waals surface area contributed by atoms with Crippen LogP contribution in [0.25, 0.3) is 6.08 Å². The number of amides is 1. The number of alkyl halides is 3. The van der Waals surface area contributed by atoms with Crippen LogP contribution in [-0.4, -0.2) is 58.2 Å². The summed E-state index contributed by atoms with van der Waals surface area (Å²) < 4.78 is 68.3. The van der Waals surface area contributed by atoms with Crippen molar-refractivity contribution in [3.8, 4) is 5.75 Å². The number of rotatable bonds is 12. The third kappa shape index (κ3) is 9.01. The summed E-state index contributed by atoms with van der Waals surface area (Å²) in [6, 6.07) is 16.7. The number of halogens is 3. The van der Waals surface area contributed by atoms with Gasteiger partial charge in [-0.15, -0.1) is 10.8 Å². The van der Waals surface area contributed by atoms with Crippen molar-refractivity contribution in [1.82, 2.24) is 10.6 Å². The van der Waals surface area contributed by atoms with E-state index in [9.17, 15) is 32.2 Å². The van der Waals surface area contributed by atoms with E-state index in [4.69, 9.17) is 4.74 Å². The molecule has 1 fully saturated rings. The Morgan fingerprint density at radius 1 is 1.07 bits per heavy atom. The van der Waals surface area contributed by atoms with Crippen LogP contribution in [0.15, 0.2) is 72.8 Å². The van der Waals surface area contributed by atoms with Gasteiger partial charge in [0.25, 0.3) is 5.91 Å². The highest BCUT2D eigenvalue weighted by Gasteiger charge is 2.32. The van der Waals surface area contributed by atoms with E-state index < -0.39 is 40.6 Å². The van der Waals surface area contributed by atoms with Gasteiger partial charge in [0.15, 0.2) is 5.75 Å². The van der Waals surface area contributed by atoms with Crippen LogP contribution in [0.4, 0.5) is 18.9 Å². The fraction of sp³-hybridized carbons (Fsp3) is 0.364. The van der Waals surface area contributed by atoms with Gasteiger partial charge >= 0.3 is 6.18 Å². The first-order valence-electron chi connectivity index (χ1n) is 14.7. The number of anilines is 1. The maximum absolute atomic E-state index is 13.8. The molecule has 0 radical (unpaired) electrons. The molecule has 0 unspecified atom stereocenters. The number of carbonyl (C=O) groups is 1. The van der Waals surface area contributed by atoms with Gasteiger partial charge in [-0.1, -0.05) is 60.7 Å². The summed E-state index contributed by atoms with van der Waals surface area (Å²) in [6.45, 7) is 2.29. The number of ether oxygens (including phenoxy) is 1. The topological polar surface area (TPSA) is 114 Å². The molecule has 3 aromatic rings. The van der Waals surface area contributed by atoms with Crippen LogP contribution < -0.4 is 19.7 Å². The molecule has 8 nitrogen and oxygen atoms in total. The van der Waals surface area contributed by atoms with E-state index in [1.54, 1.807) is 30.4 Å². The molecule has 0 aliphatic carbocycles. The maximum atomic E-state index is 13.8. The number of carbonyl (C=O) groups excluding carboxylic acids is 1. The molecule has 0 saturated carbocycles. The zero-order valence-electron chi connectivity index (χ0n) is 25.3.